The van der Waals surface area contributed by atoms with Crippen molar-refractivity contribution in [2.75, 3.05) is 31.1 Å². The van der Waals surface area contributed by atoms with Crippen molar-refractivity contribution in [3.63, 3.8) is 0 Å². The second-order valence-corrected chi connectivity index (χ2v) is 5.59. The van der Waals surface area contributed by atoms with Gasteiger partial charge in [0.2, 0.25) is 5.91 Å². The number of nitrogens with zero attached hydrogens (tertiary/aromatic N) is 2. The maximum atomic E-state index is 13.2. The quantitative estimate of drug-likeness (QED) is 0.830. The summed E-state index contributed by atoms with van der Waals surface area (Å²) in [5.74, 6) is -2.71. The number of rotatable bonds is 2. The molecule has 5 heteroatoms. The molecule has 20 heavy (non-hydrogen) atoms. The van der Waals surface area contributed by atoms with Crippen molar-refractivity contribution < 1.29 is 13.6 Å². The summed E-state index contributed by atoms with van der Waals surface area (Å²) in [6, 6.07) is 7.84. The van der Waals surface area contributed by atoms with Crippen molar-refractivity contribution in [3.8, 4) is 0 Å². The largest absolute Gasteiger partial charge is 0.311 e. The van der Waals surface area contributed by atoms with E-state index < -0.39 is 5.92 Å². The van der Waals surface area contributed by atoms with Crippen LogP contribution in [0.4, 0.5) is 14.5 Å². The molecule has 2 heterocycles. The van der Waals surface area contributed by atoms with E-state index in [0.29, 0.717) is 13.1 Å². The van der Waals surface area contributed by atoms with Crippen LogP contribution in [-0.4, -0.2) is 42.9 Å². The zero-order valence-corrected chi connectivity index (χ0v) is 11.3. The van der Waals surface area contributed by atoms with E-state index in [1.54, 1.807) is 9.80 Å². The van der Waals surface area contributed by atoms with Crippen LogP contribution in [0.2, 0.25) is 0 Å². The normalized spacial score (nSPS) is 21.8. The van der Waals surface area contributed by atoms with Crippen LogP contribution in [0.15, 0.2) is 24.3 Å². The van der Waals surface area contributed by atoms with Gasteiger partial charge in [0, 0.05) is 25.2 Å². The van der Waals surface area contributed by atoms with Crippen LogP contribution in [0.1, 0.15) is 18.4 Å². The number of alkyl halides is 2. The van der Waals surface area contributed by atoms with Gasteiger partial charge in [0.05, 0.1) is 13.1 Å². The van der Waals surface area contributed by atoms with Crippen molar-refractivity contribution in [2.45, 2.75) is 25.2 Å². The Kier molecular flexibility index (Phi) is 3.46. The standard InChI is InChI=1S/C15H18F2N2O/c16-15(17)7-9-18(11-15)10-14(20)19-8-3-5-12-4-1-2-6-13(12)19/h1-2,4,6H,3,5,7-11H2. The first kappa shape index (κ1) is 13.5. The molecule has 0 atom stereocenters. The number of amides is 1. The van der Waals surface area contributed by atoms with Crippen molar-refractivity contribution in [2.24, 2.45) is 0 Å². The molecule has 1 amide bonds. The van der Waals surface area contributed by atoms with E-state index >= 15 is 0 Å². The summed E-state index contributed by atoms with van der Waals surface area (Å²) in [6.45, 7) is 0.770. The topological polar surface area (TPSA) is 23.6 Å². The fraction of sp³-hybridized carbons (Fsp3) is 0.533. The Bertz CT molecular complexity index is 518. The second kappa shape index (κ2) is 5.13. The molecule has 3 rings (SSSR count). The number of aryl methyl sites for hydroxylation is 1. The van der Waals surface area contributed by atoms with Gasteiger partial charge < -0.3 is 4.90 Å². The summed E-state index contributed by atoms with van der Waals surface area (Å²) in [7, 11) is 0. The lowest BCUT2D eigenvalue weighted by atomic mass is 10.0. The third kappa shape index (κ3) is 2.68. The van der Waals surface area contributed by atoms with Gasteiger partial charge in [0.1, 0.15) is 0 Å². The zero-order chi connectivity index (χ0) is 14.2. The summed E-state index contributed by atoms with van der Waals surface area (Å²) in [5, 5.41) is 0. The smallest absolute Gasteiger partial charge is 0.261 e. The predicted molar refractivity (Wildman–Crippen MR) is 73.1 cm³/mol. The van der Waals surface area contributed by atoms with Gasteiger partial charge in [-0.2, -0.15) is 0 Å². The van der Waals surface area contributed by atoms with Gasteiger partial charge in [0.25, 0.3) is 5.92 Å². The number of para-hydroxylation sites is 1. The molecule has 0 radical (unpaired) electrons. The van der Waals surface area contributed by atoms with E-state index in [2.05, 4.69) is 0 Å². The van der Waals surface area contributed by atoms with Crippen molar-refractivity contribution >= 4 is 11.6 Å². The summed E-state index contributed by atoms with van der Waals surface area (Å²) in [6.07, 6.45) is 1.76. The highest BCUT2D eigenvalue weighted by molar-refractivity contribution is 5.96. The van der Waals surface area contributed by atoms with E-state index in [-0.39, 0.29) is 25.4 Å². The van der Waals surface area contributed by atoms with E-state index in [1.165, 1.54) is 5.56 Å². The van der Waals surface area contributed by atoms with Crippen LogP contribution in [0.5, 0.6) is 0 Å². The molecule has 0 aliphatic carbocycles. The number of benzene rings is 1. The predicted octanol–water partition coefficient (Wildman–Crippen LogP) is 2.31. The fourth-order valence-electron chi connectivity index (χ4n) is 3.01. The van der Waals surface area contributed by atoms with Crippen LogP contribution >= 0.6 is 0 Å². The molecule has 2 aliphatic rings. The van der Waals surface area contributed by atoms with Gasteiger partial charge in [-0.1, -0.05) is 18.2 Å². The van der Waals surface area contributed by atoms with Gasteiger partial charge in [-0.15, -0.1) is 0 Å². The number of halogens is 2. The number of fused-ring (bicyclic) bond motifs is 1. The Hall–Kier alpha value is -1.49. The van der Waals surface area contributed by atoms with Gasteiger partial charge in [-0.25, -0.2) is 8.78 Å². The molecule has 1 aromatic rings. The maximum absolute atomic E-state index is 13.2. The summed E-state index contributed by atoms with van der Waals surface area (Å²) in [4.78, 5) is 15.7. The Balaban J connectivity index is 1.70. The number of hydrogen-bond donors (Lipinski definition) is 0. The second-order valence-electron chi connectivity index (χ2n) is 5.59. The Morgan fingerprint density at radius 2 is 2.05 bits per heavy atom. The van der Waals surface area contributed by atoms with Crippen LogP contribution in [0, 0.1) is 0 Å². The monoisotopic (exact) mass is 280 g/mol. The first-order chi connectivity index (χ1) is 9.55. The first-order valence-electron chi connectivity index (χ1n) is 7.04. The van der Waals surface area contributed by atoms with E-state index in [0.717, 1.165) is 18.5 Å². The van der Waals surface area contributed by atoms with Gasteiger partial charge in [-0.3, -0.25) is 9.69 Å². The van der Waals surface area contributed by atoms with Gasteiger partial charge in [0.15, 0.2) is 0 Å². The van der Waals surface area contributed by atoms with E-state index in [4.69, 9.17) is 0 Å². The molecule has 0 spiro atoms. The van der Waals surface area contributed by atoms with Crippen molar-refractivity contribution in [1.82, 2.24) is 4.90 Å². The first-order valence-corrected chi connectivity index (χ1v) is 7.04. The fourth-order valence-corrected chi connectivity index (χ4v) is 3.01. The SMILES string of the molecule is O=C(CN1CCC(F)(F)C1)N1CCCc2ccccc21. The van der Waals surface area contributed by atoms with Crippen molar-refractivity contribution in [1.29, 1.82) is 0 Å². The molecule has 1 fully saturated rings. The van der Waals surface area contributed by atoms with Gasteiger partial charge >= 0.3 is 0 Å². The number of carbonyl (C=O) groups excluding carboxylic acids is 1. The van der Waals surface area contributed by atoms with Crippen LogP contribution in [0.25, 0.3) is 0 Å². The maximum Gasteiger partial charge on any atom is 0.261 e. The molecule has 1 aromatic carbocycles. The summed E-state index contributed by atoms with van der Waals surface area (Å²) < 4.78 is 26.3. The molecule has 108 valence electrons. The molecule has 0 N–H and O–H groups in total. The minimum atomic E-state index is -2.64. The van der Waals surface area contributed by atoms with Crippen LogP contribution in [-0.2, 0) is 11.2 Å². The lowest BCUT2D eigenvalue weighted by Crippen LogP contribution is -2.42. The summed E-state index contributed by atoms with van der Waals surface area (Å²) >= 11 is 0. The molecular formula is C15H18F2N2O. The molecule has 0 saturated carbocycles. The Morgan fingerprint density at radius 3 is 2.80 bits per heavy atom. The van der Waals surface area contributed by atoms with Gasteiger partial charge in [-0.05, 0) is 24.5 Å². The summed E-state index contributed by atoms with van der Waals surface area (Å²) in [5.41, 5.74) is 2.11. The highest BCUT2D eigenvalue weighted by atomic mass is 19.3. The third-order valence-corrected chi connectivity index (χ3v) is 4.02. The van der Waals surface area contributed by atoms with Crippen molar-refractivity contribution in [3.05, 3.63) is 29.8 Å². The average Bonchev–Trinajstić information content (AvgIpc) is 2.77. The third-order valence-electron chi connectivity index (χ3n) is 4.02. The molecule has 2 aliphatic heterocycles. The zero-order valence-electron chi connectivity index (χ0n) is 11.3. The van der Waals surface area contributed by atoms with Crippen LogP contribution in [0.3, 0.4) is 0 Å². The molecular weight excluding hydrogens is 262 g/mol. The minimum absolute atomic E-state index is 0.0742. The Labute approximate surface area is 117 Å². The minimum Gasteiger partial charge on any atom is -0.311 e. The van der Waals surface area contributed by atoms with Crippen LogP contribution < -0.4 is 4.90 Å². The average molecular weight is 280 g/mol. The number of anilines is 1. The Morgan fingerprint density at radius 1 is 1.25 bits per heavy atom. The molecule has 1 saturated heterocycles. The van der Waals surface area contributed by atoms with E-state index in [9.17, 15) is 13.6 Å². The number of hydrogen-bond acceptors (Lipinski definition) is 2. The lowest BCUT2D eigenvalue weighted by molar-refractivity contribution is -0.119. The number of likely N-dealkylation sites (tertiary alicyclic amines) is 1. The molecule has 0 bridgehead atoms. The highest BCUT2D eigenvalue weighted by Gasteiger charge is 2.39. The number of carbonyl (C=O) groups is 1. The molecule has 0 unspecified atom stereocenters. The highest BCUT2D eigenvalue weighted by Crippen LogP contribution is 2.29. The van der Waals surface area contributed by atoms with E-state index in [1.807, 2.05) is 24.3 Å². The molecule has 0 aromatic heterocycles. The molecule has 3 nitrogen and oxygen atoms in total. The lowest BCUT2D eigenvalue weighted by Gasteiger charge is -2.30.